The van der Waals surface area contributed by atoms with Gasteiger partial charge in [-0.2, -0.15) is 8.78 Å². The maximum absolute atomic E-state index is 12.5. The molecule has 7 heteroatoms. The number of benzene rings is 1. The first kappa shape index (κ1) is 18.4. The van der Waals surface area contributed by atoms with Crippen LogP contribution in [0, 0.1) is 11.8 Å². The summed E-state index contributed by atoms with van der Waals surface area (Å²) in [6, 6.07) is 4.34. The van der Waals surface area contributed by atoms with Gasteiger partial charge < -0.3 is 20.1 Å². The van der Waals surface area contributed by atoms with E-state index >= 15 is 0 Å². The van der Waals surface area contributed by atoms with Crippen LogP contribution in [0.1, 0.15) is 26.2 Å². The highest BCUT2D eigenvalue weighted by Crippen LogP contribution is 2.31. The molecular formula is C17H24F2N2O3. The van der Waals surface area contributed by atoms with Gasteiger partial charge >= 0.3 is 6.61 Å². The molecule has 1 saturated heterocycles. The van der Waals surface area contributed by atoms with Crippen molar-refractivity contribution in [3.8, 4) is 11.5 Å². The lowest BCUT2D eigenvalue weighted by molar-refractivity contribution is -0.117. The van der Waals surface area contributed by atoms with Gasteiger partial charge in [0.15, 0.2) is 0 Å². The zero-order valence-electron chi connectivity index (χ0n) is 14.0. The first-order valence-electron chi connectivity index (χ1n) is 8.13. The molecule has 134 valence electrons. The number of hydrogen-bond donors (Lipinski definition) is 2. The number of rotatable bonds is 7. The number of hydrogen-bond acceptors (Lipinski definition) is 4. The van der Waals surface area contributed by atoms with E-state index in [0.29, 0.717) is 18.1 Å². The SMILES string of the molecule is COc1ccc(OC(F)F)c(NC(=O)CC(C)C2CCNCC2)c1. The lowest BCUT2D eigenvalue weighted by Crippen LogP contribution is -2.32. The van der Waals surface area contributed by atoms with Crippen LogP contribution in [0.25, 0.3) is 0 Å². The van der Waals surface area contributed by atoms with Gasteiger partial charge in [0.1, 0.15) is 11.5 Å². The smallest absolute Gasteiger partial charge is 0.387 e. The highest BCUT2D eigenvalue weighted by atomic mass is 19.3. The Morgan fingerprint density at radius 2 is 2.08 bits per heavy atom. The molecule has 0 bridgehead atoms. The molecule has 0 radical (unpaired) electrons. The molecule has 0 aliphatic carbocycles. The number of carbonyl (C=O) groups excluding carboxylic acids is 1. The summed E-state index contributed by atoms with van der Waals surface area (Å²) in [7, 11) is 1.47. The normalized spacial score (nSPS) is 16.7. The first-order chi connectivity index (χ1) is 11.5. The maximum atomic E-state index is 12.5. The molecule has 1 atom stereocenters. The average Bonchev–Trinajstić information content (AvgIpc) is 2.56. The molecule has 2 rings (SSSR count). The Morgan fingerprint density at radius 1 is 1.38 bits per heavy atom. The van der Waals surface area contributed by atoms with Gasteiger partial charge in [-0.25, -0.2) is 0 Å². The van der Waals surface area contributed by atoms with Gasteiger partial charge in [0, 0.05) is 12.5 Å². The fourth-order valence-electron chi connectivity index (χ4n) is 3.01. The van der Waals surface area contributed by atoms with Crippen LogP contribution in [0.5, 0.6) is 11.5 Å². The van der Waals surface area contributed by atoms with Crippen molar-refractivity contribution in [1.82, 2.24) is 5.32 Å². The van der Waals surface area contributed by atoms with E-state index in [1.54, 1.807) is 0 Å². The number of methoxy groups -OCH3 is 1. The summed E-state index contributed by atoms with van der Waals surface area (Å²) in [6.45, 7) is 1.04. The second kappa shape index (κ2) is 8.82. The summed E-state index contributed by atoms with van der Waals surface area (Å²) in [5.74, 6) is 0.900. The number of amides is 1. The monoisotopic (exact) mass is 342 g/mol. The molecule has 0 aromatic heterocycles. The number of ether oxygens (including phenoxy) is 2. The molecule has 0 spiro atoms. The Morgan fingerprint density at radius 3 is 2.71 bits per heavy atom. The fraction of sp³-hybridized carbons (Fsp3) is 0.588. The van der Waals surface area contributed by atoms with Crippen molar-refractivity contribution in [3.05, 3.63) is 18.2 Å². The van der Waals surface area contributed by atoms with E-state index in [1.165, 1.54) is 25.3 Å². The predicted octanol–water partition coefficient (Wildman–Crippen LogP) is 3.26. The van der Waals surface area contributed by atoms with E-state index < -0.39 is 6.61 Å². The molecular weight excluding hydrogens is 318 g/mol. The van der Waals surface area contributed by atoms with E-state index in [9.17, 15) is 13.6 Å². The summed E-state index contributed by atoms with van der Waals surface area (Å²) < 4.78 is 34.5. The lowest BCUT2D eigenvalue weighted by Gasteiger charge is -2.28. The highest BCUT2D eigenvalue weighted by Gasteiger charge is 2.22. The molecule has 1 aromatic carbocycles. The maximum Gasteiger partial charge on any atom is 0.387 e. The molecule has 1 aliphatic rings. The predicted molar refractivity (Wildman–Crippen MR) is 87.6 cm³/mol. The Kier molecular flexibility index (Phi) is 6.78. The van der Waals surface area contributed by atoms with Gasteiger partial charge in [0.25, 0.3) is 0 Å². The zero-order chi connectivity index (χ0) is 17.5. The molecule has 1 heterocycles. The fourth-order valence-corrected chi connectivity index (χ4v) is 3.01. The summed E-state index contributed by atoms with van der Waals surface area (Å²) in [4.78, 5) is 12.3. The van der Waals surface area contributed by atoms with Gasteiger partial charge in [0.05, 0.1) is 12.8 Å². The lowest BCUT2D eigenvalue weighted by atomic mass is 9.84. The standard InChI is InChI=1S/C17H24F2N2O3/c1-11(12-5-7-20-8-6-12)9-16(22)21-14-10-13(23-2)3-4-15(14)24-17(18)19/h3-4,10-12,17,20H,5-9H2,1-2H3,(H,21,22). The number of halogens is 2. The van der Waals surface area contributed by atoms with Crippen molar-refractivity contribution in [1.29, 1.82) is 0 Å². The number of carbonyl (C=O) groups is 1. The van der Waals surface area contributed by atoms with E-state index in [2.05, 4.69) is 22.3 Å². The van der Waals surface area contributed by atoms with Gasteiger partial charge in [-0.05, 0) is 49.9 Å². The largest absolute Gasteiger partial charge is 0.497 e. The van der Waals surface area contributed by atoms with Crippen LogP contribution in [0.4, 0.5) is 14.5 Å². The summed E-state index contributed by atoms with van der Waals surface area (Å²) >= 11 is 0. The Balaban J connectivity index is 2.01. The Labute approximate surface area is 140 Å². The molecule has 2 N–H and O–H groups in total. The number of anilines is 1. The number of alkyl halides is 2. The molecule has 1 aromatic rings. The van der Waals surface area contributed by atoms with Crippen LogP contribution in [0.15, 0.2) is 18.2 Å². The number of piperidine rings is 1. The van der Waals surface area contributed by atoms with E-state index in [0.717, 1.165) is 25.9 Å². The molecule has 5 nitrogen and oxygen atoms in total. The van der Waals surface area contributed by atoms with Crippen LogP contribution in [0.3, 0.4) is 0 Å². The van der Waals surface area contributed by atoms with E-state index in [4.69, 9.17) is 4.74 Å². The van der Waals surface area contributed by atoms with Gasteiger partial charge in [-0.1, -0.05) is 6.92 Å². The van der Waals surface area contributed by atoms with Crippen LogP contribution in [0.2, 0.25) is 0 Å². The quantitative estimate of drug-likeness (QED) is 0.798. The molecule has 1 unspecified atom stereocenters. The van der Waals surface area contributed by atoms with Crippen molar-refractivity contribution < 1.29 is 23.0 Å². The second-order valence-corrected chi connectivity index (χ2v) is 6.06. The minimum atomic E-state index is -2.96. The third kappa shape index (κ3) is 5.33. The average molecular weight is 342 g/mol. The minimum absolute atomic E-state index is 0.0753. The van der Waals surface area contributed by atoms with Crippen LogP contribution in [-0.2, 0) is 4.79 Å². The van der Waals surface area contributed by atoms with Crippen LogP contribution < -0.4 is 20.1 Å². The Bertz CT molecular complexity index is 549. The zero-order valence-corrected chi connectivity index (χ0v) is 14.0. The van der Waals surface area contributed by atoms with E-state index in [-0.39, 0.29) is 23.3 Å². The van der Waals surface area contributed by atoms with Gasteiger partial charge in [0.2, 0.25) is 5.91 Å². The topological polar surface area (TPSA) is 59.6 Å². The Hall–Kier alpha value is -1.89. The number of nitrogens with one attached hydrogen (secondary N) is 2. The molecule has 1 aliphatic heterocycles. The first-order valence-corrected chi connectivity index (χ1v) is 8.13. The van der Waals surface area contributed by atoms with Crippen molar-refractivity contribution in [2.75, 3.05) is 25.5 Å². The second-order valence-electron chi connectivity index (χ2n) is 6.06. The van der Waals surface area contributed by atoms with Crippen molar-refractivity contribution in [3.63, 3.8) is 0 Å². The summed E-state index contributed by atoms with van der Waals surface area (Å²) in [5.41, 5.74) is 0.192. The summed E-state index contributed by atoms with van der Waals surface area (Å²) in [5, 5.41) is 5.97. The molecule has 24 heavy (non-hydrogen) atoms. The van der Waals surface area contributed by atoms with Crippen molar-refractivity contribution >= 4 is 11.6 Å². The third-order valence-corrected chi connectivity index (χ3v) is 4.37. The minimum Gasteiger partial charge on any atom is -0.497 e. The molecule has 0 saturated carbocycles. The van der Waals surface area contributed by atoms with Crippen LogP contribution >= 0.6 is 0 Å². The van der Waals surface area contributed by atoms with Crippen molar-refractivity contribution in [2.24, 2.45) is 11.8 Å². The van der Waals surface area contributed by atoms with Crippen molar-refractivity contribution in [2.45, 2.75) is 32.8 Å². The van der Waals surface area contributed by atoms with Crippen LogP contribution in [-0.4, -0.2) is 32.7 Å². The van der Waals surface area contributed by atoms with E-state index in [1.807, 2.05) is 0 Å². The third-order valence-electron chi connectivity index (χ3n) is 4.37. The summed E-state index contributed by atoms with van der Waals surface area (Å²) in [6.07, 6.45) is 2.44. The van der Waals surface area contributed by atoms with Gasteiger partial charge in [-0.15, -0.1) is 0 Å². The molecule has 1 fully saturated rings. The molecule has 1 amide bonds. The highest BCUT2D eigenvalue weighted by molar-refractivity contribution is 5.92. The van der Waals surface area contributed by atoms with Gasteiger partial charge in [-0.3, -0.25) is 4.79 Å².